The van der Waals surface area contributed by atoms with Crippen molar-refractivity contribution in [2.45, 2.75) is 58.7 Å². The largest absolute Gasteiger partial charge is 0.493 e. The van der Waals surface area contributed by atoms with Gasteiger partial charge in [-0.25, -0.2) is 9.97 Å². The van der Waals surface area contributed by atoms with Crippen molar-refractivity contribution in [3.63, 3.8) is 0 Å². The molecule has 41 heavy (non-hydrogen) atoms. The molecule has 0 saturated carbocycles. The van der Waals surface area contributed by atoms with Crippen LogP contribution in [0.15, 0.2) is 42.7 Å². The van der Waals surface area contributed by atoms with E-state index in [0.29, 0.717) is 45.0 Å². The van der Waals surface area contributed by atoms with Gasteiger partial charge in [-0.2, -0.15) is 0 Å². The number of aliphatic hydroxyl groups excluding tert-OH is 1. The van der Waals surface area contributed by atoms with Crippen molar-refractivity contribution in [1.29, 1.82) is 0 Å². The van der Waals surface area contributed by atoms with Crippen molar-refractivity contribution in [2.24, 2.45) is 0 Å². The zero-order valence-corrected chi connectivity index (χ0v) is 24.4. The Labute approximate surface area is 243 Å². The van der Waals surface area contributed by atoms with Gasteiger partial charge < -0.3 is 29.3 Å². The van der Waals surface area contributed by atoms with Crippen LogP contribution in [-0.2, 0) is 17.8 Å². The molecule has 1 N–H and O–H groups in total. The summed E-state index contributed by atoms with van der Waals surface area (Å²) in [5.74, 6) is 2.45. The Kier molecular flexibility index (Phi) is 9.90. The summed E-state index contributed by atoms with van der Waals surface area (Å²) in [5, 5.41) is 11.0. The Bertz CT molecular complexity index is 1290. The highest BCUT2D eigenvalue weighted by atomic mass is 16.5. The lowest BCUT2D eigenvalue weighted by atomic mass is 10.1. The predicted molar refractivity (Wildman–Crippen MR) is 161 cm³/mol. The molecule has 1 aromatic heterocycles. The number of likely N-dealkylation sites (tertiary alicyclic amines) is 1. The summed E-state index contributed by atoms with van der Waals surface area (Å²) in [4.78, 5) is 28.7. The van der Waals surface area contributed by atoms with E-state index in [0.717, 1.165) is 46.6 Å². The van der Waals surface area contributed by atoms with Gasteiger partial charge in [0.1, 0.15) is 23.6 Å². The molecule has 2 aliphatic heterocycles. The number of nitrogens with zero attached hydrogens (tertiary/aromatic N) is 5. The Hall–Kier alpha value is -3.43. The highest BCUT2D eigenvalue weighted by Gasteiger charge is 2.24. The number of rotatable bonds is 11. The Balaban J connectivity index is 1.18. The highest BCUT2D eigenvalue weighted by molar-refractivity contribution is 5.91. The van der Waals surface area contributed by atoms with Gasteiger partial charge in [0.05, 0.1) is 31.3 Å². The third kappa shape index (κ3) is 7.65. The van der Waals surface area contributed by atoms with Crippen molar-refractivity contribution in [3.05, 3.63) is 53.9 Å². The number of carbonyl (C=O) groups excluding carboxylic acids is 1. The molecule has 9 nitrogen and oxygen atoms in total. The van der Waals surface area contributed by atoms with E-state index in [4.69, 9.17) is 9.47 Å². The van der Waals surface area contributed by atoms with Crippen LogP contribution in [0.2, 0.25) is 0 Å². The molecule has 0 atom stereocenters. The number of benzene rings is 2. The summed E-state index contributed by atoms with van der Waals surface area (Å²) in [6.07, 6.45) is 6.95. The molecule has 0 aliphatic carbocycles. The minimum atomic E-state index is -0.113. The van der Waals surface area contributed by atoms with Crippen molar-refractivity contribution in [3.8, 4) is 11.5 Å². The summed E-state index contributed by atoms with van der Waals surface area (Å²) in [6.45, 7) is 10.5. The van der Waals surface area contributed by atoms with Gasteiger partial charge in [0, 0.05) is 49.7 Å². The summed E-state index contributed by atoms with van der Waals surface area (Å²) in [7, 11) is 0. The van der Waals surface area contributed by atoms with Gasteiger partial charge in [0.15, 0.2) is 0 Å². The van der Waals surface area contributed by atoms with Crippen LogP contribution >= 0.6 is 0 Å². The number of hydrogen-bond donors (Lipinski definition) is 1. The maximum absolute atomic E-state index is 13.0. The van der Waals surface area contributed by atoms with Gasteiger partial charge in [-0.3, -0.25) is 4.79 Å². The van der Waals surface area contributed by atoms with E-state index in [2.05, 4.69) is 19.8 Å². The molecule has 5 rings (SSSR count). The van der Waals surface area contributed by atoms with E-state index in [9.17, 15) is 9.90 Å². The summed E-state index contributed by atoms with van der Waals surface area (Å²) in [6, 6.07) is 11.6. The second kappa shape index (κ2) is 14.0. The number of piperazine rings is 1. The number of amides is 1. The lowest BCUT2D eigenvalue weighted by molar-refractivity contribution is -0.130. The minimum absolute atomic E-state index is 0.113. The molecule has 2 aliphatic rings. The second-order valence-corrected chi connectivity index (χ2v) is 11.3. The van der Waals surface area contributed by atoms with Crippen LogP contribution < -0.4 is 14.4 Å². The zero-order chi connectivity index (χ0) is 28.6. The fraction of sp³-hybridized carbons (Fsp3) is 0.531. The Morgan fingerprint density at radius 3 is 2.44 bits per heavy atom. The van der Waals surface area contributed by atoms with Gasteiger partial charge in [-0.05, 0) is 70.0 Å². The molecule has 0 radical (unpaired) electrons. The van der Waals surface area contributed by atoms with Gasteiger partial charge in [0.2, 0.25) is 5.91 Å². The predicted octanol–water partition coefficient (Wildman–Crippen LogP) is 4.06. The van der Waals surface area contributed by atoms with Crippen molar-refractivity contribution >= 4 is 22.6 Å². The van der Waals surface area contributed by atoms with E-state index in [1.54, 1.807) is 6.33 Å². The maximum Gasteiger partial charge on any atom is 0.227 e. The third-order valence-electron chi connectivity index (χ3n) is 7.87. The minimum Gasteiger partial charge on any atom is -0.493 e. The lowest BCUT2D eigenvalue weighted by Gasteiger charge is -2.36. The average Bonchev–Trinajstić information content (AvgIpc) is 3.00. The van der Waals surface area contributed by atoms with Gasteiger partial charge in [-0.1, -0.05) is 18.6 Å². The van der Waals surface area contributed by atoms with Gasteiger partial charge in [-0.15, -0.1) is 0 Å². The van der Waals surface area contributed by atoms with Crippen LogP contribution in [0.5, 0.6) is 11.5 Å². The first-order valence-corrected chi connectivity index (χ1v) is 15.0. The van der Waals surface area contributed by atoms with Crippen LogP contribution in [-0.4, -0.2) is 89.3 Å². The van der Waals surface area contributed by atoms with Crippen LogP contribution in [0.3, 0.4) is 0 Å². The van der Waals surface area contributed by atoms with E-state index in [1.165, 1.54) is 32.4 Å². The quantitative estimate of drug-likeness (QED) is 0.351. The maximum atomic E-state index is 13.0. The van der Waals surface area contributed by atoms with E-state index >= 15 is 0 Å². The van der Waals surface area contributed by atoms with Crippen LogP contribution in [0, 0.1) is 0 Å². The molecule has 2 aromatic carbocycles. The first kappa shape index (κ1) is 29.1. The van der Waals surface area contributed by atoms with Crippen LogP contribution in [0.1, 0.15) is 50.7 Å². The topological polar surface area (TPSA) is 91.3 Å². The first-order valence-electron chi connectivity index (χ1n) is 15.0. The SMILES string of the molecule is CC(C)Oc1ccc(CC(=O)N2CCN(c3ncnc4cc(OCCCN5CCCCC5)c(CO)cc34)CC2)cc1. The number of anilines is 1. The zero-order valence-electron chi connectivity index (χ0n) is 24.4. The number of hydrogen-bond acceptors (Lipinski definition) is 8. The highest BCUT2D eigenvalue weighted by Crippen LogP contribution is 2.31. The monoisotopic (exact) mass is 561 g/mol. The molecule has 1 amide bonds. The third-order valence-corrected chi connectivity index (χ3v) is 7.87. The summed E-state index contributed by atoms with van der Waals surface area (Å²) < 4.78 is 11.8. The van der Waals surface area contributed by atoms with E-state index in [-0.39, 0.29) is 18.6 Å². The molecule has 2 saturated heterocycles. The lowest BCUT2D eigenvalue weighted by Crippen LogP contribution is -2.49. The van der Waals surface area contributed by atoms with E-state index in [1.807, 2.05) is 55.1 Å². The molecule has 0 unspecified atom stereocenters. The standard InChI is InChI=1S/C32H43N5O4/c1-24(2)41-27-9-7-25(8-10-27)19-31(39)36-14-16-37(17-15-36)32-28-20-26(22-38)30(21-29(28)33-23-34-32)40-18-6-13-35-11-4-3-5-12-35/h7-10,20-21,23-24,38H,3-6,11-19,22H2,1-2H3. The van der Waals surface area contributed by atoms with E-state index < -0.39 is 0 Å². The number of aromatic nitrogens is 2. The molecular weight excluding hydrogens is 518 g/mol. The van der Waals surface area contributed by atoms with Crippen LogP contribution in [0.25, 0.3) is 10.9 Å². The van der Waals surface area contributed by atoms with Crippen molar-refractivity contribution < 1.29 is 19.4 Å². The number of aliphatic hydroxyl groups is 1. The van der Waals surface area contributed by atoms with Gasteiger partial charge >= 0.3 is 0 Å². The molecule has 3 heterocycles. The molecular formula is C32H43N5O4. The Morgan fingerprint density at radius 2 is 1.73 bits per heavy atom. The molecule has 0 bridgehead atoms. The smallest absolute Gasteiger partial charge is 0.227 e. The molecule has 2 fully saturated rings. The van der Waals surface area contributed by atoms with Crippen molar-refractivity contribution in [2.75, 3.05) is 57.3 Å². The Morgan fingerprint density at radius 1 is 0.976 bits per heavy atom. The second-order valence-electron chi connectivity index (χ2n) is 11.3. The summed E-state index contributed by atoms with van der Waals surface area (Å²) in [5.41, 5.74) is 2.52. The number of piperidine rings is 1. The molecule has 0 spiro atoms. The number of carbonyl (C=O) groups is 1. The van der Waals surface area contributed by atoms with Gasteiger partial charge in [0.25, 0.3) is 0 Å². The number of fused-ring (bicyclic) bond motifs is 1. The molecule has 3 aromatic rings. The fourth-order valence-corrected chi connectivity index (χ4v) is 5.69. The fourth-order valence-electron chi connectivity index (χ4n) is 5.69. The molecule has 220 valence electrons. The average molecular weight is 562 g/mol. The molecule has 9 heteroatoms. The van der Waals surface area contributed by atoms with Crippen molar-refractivity contribution in [1.82, 2.24) is 19.8 Å². The normalized spacial score (nSPS) is 16.4. The summed E-state index contributed by atoms with van der Waals surface area (Å²) >= 11 is 0. The number of ether oxygens (including phenoxy) is 2. The van der Waals surface area contributed by atoms with Crippen LogP contribution in [0.4, 0.5) is 5.82 Å². The first-order chi connectivity index (χ1) is 20.0.